The highest BCUT2D eigenvalue weighted by Crippen LogP contribution is 2.37. The summed E-state index contributed by atoms with van der Waals surface area (Å²) in [6.07, 6.45) is -1.14. The normalized spacial score (nSPS) is 11.8. The number of nitrogens with one attached hydrogen (secondary N) is 1. The Morgan fingerprint density at radius 2 is 1.60 bits per heavy atom. The van der Waals surface area contributed by atoms with E-state index in [4.69, 9.17) is 23.4 Å². The van der Waals surface area contributed by atoms with Crippen LogP contribution in [0.1, 0.15) is 26.7 Å². The molecule has 35 heavy (non-hydrogen) atoms. The molecular formula is C26H34N2O6Si. The molecule has 1 heterocycles. The fourth-order valence-corrected chi connectivity index (χ4v) is 4.13. The number of benzene rings is 2. The molecule has 1 amide bonds. The lowest BCUT2D eigenvalue weighted by Gasteiger charge is -2.36. The van der Waals surface area contributed by atoms with Gasteiger partial charge in [0.1, 0.15) is 23.8 Å². The molecule has 0 unspecified atom stereocenters. The number of rotatable bonds is 10. The van der Waals surface area contributed by atoms with Crippen molar-refractivity contribution in [3.05, 3.63) is 54.4 Å². The molecule has 9 heteroatoms. The summed E-state index contributed by atoms with van der Waals surface area (Å²) in [7, 11) is -0.195. The van der Waals surface area contributed by atoms with Gasteiger partial charge in [0.15, 0.2) is 14.1 Å². The second-order valence-electron chi connectivity index (χ2n) is 9.65. The van der Waals surface area contributed by atoms with Gasteiger partial charge >= 0.3 is 6.09 Å². The quantitative estimate of drug-likeness (QED) is 0.254. The SMILES string of the molecule is COc1ccc(-c2nc(CNC(=O)O)oc2-c2ccc(OCCO[Si](C)(C)C(C)(C)C)cc2)cc1. The van der Waals surface area contributed by atoms with E-state index in [1.54, 1.807) is 7.11 Å². The topological polar surface area (TPSA) is 103 Å². The van der Waals surface area contributed by atoms with Gasteiger partial charge in [-0.2, -0.15) is 0 Å². The largest absolute Gasteiger partial charge is 0.497 e. The van der Waals surface area contributed by atoms with Crippen molar-refractivity contribution in [3.8, 4) is 34.1 Å². The monoisotopic (exact) mass is 498 g/mol. The minimum atomic E-state index is -1.80. The molecule has 8 nitrogen and oxygen atoms in total. The maximum atomic E-state index is 10.9. The van der Waals surface area contributed by atoms with Crippen LogP contribution in [0.3, 0.4) is 0 Å². The second kappa shape index (κ2) is 11.0. The van der Waals surface area contributed by atoms with E-state index in [0.717, 1.165) is 22.6 Å². The molecule has 3 rings (SSSR count). The lowest BCUT2D eigenvalue weighted by atomic mass is 10.1. The van der Waals surface area contributed by atoms with Crippen LogP contribution >= 0.6 is 0 Å². The maximum absolute atomic E-state index is 10.9. The number of amides is 1. The summed E-state index contributed by atoms with van der Waals surface area (Å²) >= 11 is 0. The van der Waals surface area contributed by atoms with E-state index in [1.165, 1.54) is 0 Å². The van der Waals surface area contributed by atoms with E-state index in [1.807, 2.05) is 48.5 Å². The first-order valence-electron chi connectivity index (χ1n) is 11.5. The van der Waals surface area contributed by atoms with Crippen molar-refractivity contribution in [2.45, 2.75) is 45.4 Å². The van der Waals surface area contributed by atoms with Crippen LogP contribution in [0.25, 0.3) is 22.6 Å². The fraction of sp³-hybridized carbons (Fsp3) is 0.385. The van der Waals surface area contributed by atoms with Crippen molar-refractivity contribution in [2.24, 2.45) is 0 Å². The zero-order valence-electron chi connectivity index (χ0n) is 21.2. The standard InChI is InChI=1S/C26H34N2O6Si/c1-26(2,3)35(5,6)33-16-15-32-21-13-9-19(10-14-21)24-23(18-7-11-20(31-4)12-8-18)28-22(34-24)17-27-25(29)30/h7-14,27H,15-17H2,1-6H3,(H,29,30). The number of hydrogen-bond acceptors (Lipinski definition) is 6. The molecule has 1 aromatic heterocycles. The first kappa shape index (κ1) is 26.3. The van der Waals surface area contributed by atoms with Crippen molar-refractivity contribution >= 4 is 14.4 Å². The number of nitrogens with zero attached hydrogens (tertiary/aromatic N) is 1. The third-order valence-electron chi connectivity index (χ3n) is 6.16. The highest BCUT2D eigenvalue weighted by molar-refractivity contribution is 6.74. The second-order valence-corrected chi connectivity index (χ2v) is 14.5. The minimum absolute atomic E-state index is 0.0338. The number of ether oxygens (including phenoxy) is 2. The van der Waals surface area contributed by atoms with Gasteiger partial charge in [0.2, 0.25) is 5.89 Å². The van der Waals surface area contributed by atoms with Crippen molar-refractivity contribution in [2.75, 3.05) is 20.3 Å². The Kier molecular flexibility index (Phi) is 8.24. The Balaban J connectivity index is 1.74. The predicted octanol–water partition coefficient (Wildman–Crippen LogP) is 6.19. The summed E-state index contributed by atoms with van der Waals surface area (Å²) < 4.78 is 23.2. The maximum Gasteiger partial charge on any atom is 0.405 e. The summed E-state index contributed by atoms with van der Waals surface area (Å²) in [6.45, 7) is 12.1. The Morgan fingerprint density at radius 3 is 2.17 bits per heavy atom. The summed E-state index contributed by atoms with van der Waals surface area (Å²) in [5.41, 5.74) is 2.25. The Labute approximate surface area is 207 Å². The van der Waals surface area contributed by atoms with E-state index < -0.39 is 14.4 Å². The third-order valence-corrected chi connectivity index (χ3v) is 10.7. The zero-order valence-corrected chi connectivity index (χ0v) is 22.2. The smallest absolute Gasteiger partial charge is 0.405 e. The van der Waals surface area contributed by atoms with E-state index in [2.05, 4.69) is 44.2 Å². The summed E-state index contributed by atoms with van der Waals surface area (Å²) in [5.74, 6) is 2.28. The molecule has 0 saturated heterocycles. The van der Waals surface area contributed by atoms with Gasteiger partial charge in [-0.15, -0.1) is 0 Å². The molecule has 3 aromatic rings. The molecule has 2 N–H and O–H groups in total. The van der Waals surface area contributed by atoms with Crippen LogP contribution in [0.5, 0.6) is 11.5 Å². The van der Waals surface area contributed by atoms with Gasteiger partial charge in [0.25, 0.3) is 0 Å². The average molecular weight is 499 g/mol. The van der Waals surface area contributed by atoms with Gasteiger partial charge in [0, 0.05) is 11.1 Å². The van der Waals surface area contributed by atoms with Crippen molar-refractivity contribution in [1.82, 2.24) is 10.3 Å². The molecular weight excluding hydrogens is 464 g/mol. The van der Waals surface area contributed by atoms with Crippen LogP contribution in [0.4, 0.5) is 4.79 Å². The summed E-state index contributed by atoms with van der Waals surface area (Å²) in [5, 5.41) is 11.4. The van der Waals surface area contributed by atoms with Gasteiger partial charge in [-0.25, -0.2) is 9.78 Å². The lowest BCUT2D eigenvalue weighted by molar-refractivity contribution is 0.192. The molecule has 0 atom stereocenters. The van der Waals surface area contributed by atoms with Gasteiger partial charge in [-0.1, -0.05) is 20.8 Å². The molecule has 0 radical (unpaired) electrons. The Bertz CT molecular complexity index is 1120. The van der Waals surface area contributed by atoms with Crippen molar-refractivity contribution in [1.29, 1.82) is 0 Å². The number of oxazole rings is 1. The molecule has 0 bridgehead atoms. The Morgan fingerprint density at radius 1 is 1.00 bits per heavy atom. The number of carbonyl (C=O) groups is 1. The molecule has 0 aliphatic heterocycles. The van der Waals surface area contributed by atoms with E-state index in [9.17, 15) is 4.79 Å². The van der Waals surface area contributed by atoms with E-state index in [-0.39, 0.29) is 17.5 Å². The van der Waals surface area contributed by atoms with Crippen LogP contribution in [0.2, 0.25) is 18.1 Å². The first-order chi connectivity index (χ1) is 16.5. The average Bonchev–Trinajstić information content (AvgIpc) is 3.24. The minimum Gasteiger partial charge on any atom is -0.497 e. The van der Waals surface area contributed by atoms with E-state index in [0.29, 0.717) is 24.7 Å². The third kappa shape index (κ3) is 6.86. The number of methoxy groups -OCH3 is 1. The van der Waals surface area contributed by atoms with Gasteiger partial charge in [-0.3, -0.25) is 0 Å². The molecule has 0 aliphatic rings. The highest BCUT2D eigenvalue weighted by Gasteiger charge is 2.36. The van der Waals surface area contributed by atoms with Gasteiger partial charge in [0.05, 0.1) is 20.3 Å². The van der Waals surface area contributed by atoms with Crippen LogP contribution in [0.15, 0.2) is 52.9 Å². The number of hydrogen-bond donors (Lipinski definition) is 2. The molecule has 188 valence electrons. The summed E-state index contributed by atoms with van der Waals surface area (Å²) in [6, 6.07) is 15.0. The lowest BCUT2D eigenvalue weighted by Crippen LogP contribution is -2.41. The van der Waals surface area contributed by atoms with Crippen molar-refractivity contribution < 1.29 is 28.2 Å². The van der Waals surface area contributed by atoms with Crippen LogP contribution in [0, 0.1) is 0 Å². The van der Waals surface area contributed by atoms with Crippen LogP contribution < -0.4 is 14.8 Å². The molecule has 0 spiro atoms. The van der Waals surface area contributed by atoms with Crippen LogP contribution in [-0.4, -0.2) is 44.8 Å². The molecule has 0 saturated carbocycles. The van der Waals surface area contributed by atoms with Gasteiger partial charge < -0.3 is 28.7 Å². The zero-order chi connectivity index (χ0) is 25.6. The predicted molar refractivity (Wildman–Crippen MR) is 137 cm³/mol. The van der Waals surface area contributed by atoms with E-state index >= 15 is 0 Å². The van der Waals surface area contributed by atoms with Crippen molar-refractivity contribution in [3.63, 3.8) is 0 Å². The molecule has 0 aliphatic carbocycles. The fourth-order valence-electron chi connectivity index (χ4n) is 3.11. The molecule has 0 fully saturated rings. The number of carboxylic acid groups (broad SMARTS) is 1. The van der Waals surface area contributed by atoms with Gasteiger partial charge in [-0.05, 0) is 66.7 Å². The number of aromatic nitrogens is 1. The Hall–Kier alpha value is -3.30. The summed E-state index contributed by atoms with van der Waals surface area (Å²) in [4.78, 5) is 15.4. The van der Waals surface area contributed by atoms with Crippen LogP contribution in [-0.2, 0) is 11.0 Å². The highest BCUT2D eigenvalue weighted by atomic mass is 28.4. The first-order valence-corrected chi connectivity index (χ1v) is 14.4. The molecule has 2 aromatic carbocycles.